The zero-order valence-electron chi connectivity index (χ0n) is 9.80. The summed E-state index contributed by atoms with van der Waals surface area (Å²) >= 11 is 0. The highest BCUT2D eigenvalue weighted by Crippen LogP contribution is 2.36. The van der Waals surface area contributed by atoms with Crippen LogP contribution in [-0.2, 0) is 0 Å². The van der Waals surface area contributed by atoms with Gasteiger partial charge in [-0.15, -0.1) is 0 Å². The summed E-state index contributed by atoms with van der Waals surface area (Å²) in [6, 6.07) is 11.7. The number of para-hydroxylation sites is 1. The highest BCUT2D eigenvalue weighted by molar-refractivity contribution is 5.79. The van der Waals surface area contributed by atoms with E-state index in [0.29, 0.717) is 16.7 Å². The number of hydrogen-bond acceptors (Lipinski definition) is 3. The van der Waals surface area contributed by atoms with Crippen molar-refractivity contribution in [3.05, 3.63) is 54.6 Å². The summed E-state index contributed by atoms with van der Waals surface area (Å²) in [7, 11) is 0. The van der Waals surface area contributed by atoms with E-state index in [2.05, 4.69) is 6.58 Å². The summed E-state index contributed by atoms with van der Waals surface area (Å²) in [5.74, 6) is 0.172. The van der Waals surface area contributed by atoms with Gasteiger partial charge in [-0.25, -0.2) is 0 Å². The van der Waals surface area contributed by atoms with E-state index in [9.17, 15) is 10.2 Å². The second-order valence-corrected chi connectivity index (χ2v) is 4.01. The van der Waals surface area contributed by atoms with Gasteiger partial charge in [0.2, 0.25) is 0 Å². The Labute approximate surface area is 105 Å². The van der Waals surface area contributed by atoms with Gasteiger partial charge in [0, 0.05) is 11.1 Å². The molecule has 0 heterocycles. The van der Waals surface area contributed by atoms with E-state index in [1.54, 1.807) is 36.4 Å². The molecule has 2 aromatic carbocycles. The van der Waals surface area contributed by atoms with Crippen molar-refractivity contribution in [1.82, 2.24) is 0 Å². The van der Waals surface area contributed by atoms with Gasteiger partial charge >= 0.3 is 0 Å². The smallest absolute Gasteiger partial charge is 0.123 e. The molecule has 0 aromatic heterocycles. The van der Waals surface area contributed by atoms with Gasteiger partial charge in [0.05, 0.1) is 6.61 Å². The van der Waals surface area contributed by atoms with E-state index in [1.165, 1.54) is 6.07 Å². The molecule has 3 nitrogen and oxygen atoms in total. The quantitative estimate of drug-likeness (QED) is 0.775. The van der Waals surface area contributed by atoms with E-state index < -0.39 is 0 Å². The number of aromatic hydroxyl groups is 2. The van der Waals surface area contributed by atoms with E-state index in [-0.39, 0.29) is 18.1 Å². The molecular formula is C15H14O3. The van der Waals surface area contributed by atoms with Gasteiger partial charge in [-0.3, -0.25) is 0 Å². The first-order valence-electron chi connectivity index (χ1n) is 5.54. The molecule has 0 bridgehead atoms. The van der Waals surface area contributed by atoms with Crippen molar-refractivity contribution in [2.75, 3.05) is 6.61 Å². The molecule has 2 rings (SSSR count). The molecule has 18 heavy (non-hydrogen) atoms. The molecule has 0 radical (unpaired) electrons. The lowest BCUT2D eigenvalue weighted by Gasteiger charge is -2.10. The molecule has 0 saturated carbocycles. The predicted octanol–water partition coefficient (Wildman–Crippen LogP) is 2.77. The van der Waals surface area contributed by atoms with Crippen LogP contribution >= 0.6 is 0 Å². The van der Waals surface area contributed by atoms with Crippen LogP contribution in [0.15, 0.2) is 49.0 Å². The third-order valence-corrected chi connectivity index (χ3v) is 2.79. The van der Waals surface area contributed by atoms with Gasteiger partial charge in [-0.05, 0) is 29.3 Å². The Kier molecular flexibility index (Phi) is 3.35. The minimum atomic E-state index is -0.148. The molecule has 0 spiro atoms. The van der Waals surface area contributed by atoms with Crippen LogP contribution in [0.3, 0.4) is 0 Å². The van der Waals surface area contributed by atoms with Crippen LogP contribution in [0.1, 0.15) is 5.56 Å². The minimum Gasteiger partial charge on any atom is -0.507 e. The molecular weight excluding hydrogens is 228 g/mol. The van der Waals surface area contributed by atoms with Gasteiger partial charge < -0.3 is 15.3 Å². The molecule has 2 aromatic rings. The molecule has 0 aliphatic heterocycles. The molecule has 0 amide bonds. The summed E-state index contributed by atoms with van der Waals surface area (Å²) in [5.41, 5.74) is 2.35. The van der Waals surface area contributed by atoms with Gasteiger partial charge in [0.25, 0.3) is 0 Å². The van der Waals surface area contributed by atoms with E-state index in [1.807, 2.05) is 0 Å². The number of phenols is 2. The number of benzene rings is 2. The Morgan fingerprint density at radius 2 is 1.61 bits per heavy atom. The summed E-state index contributed by atoms with van der Waals surface area (Å²) in [5, 5.41) is 28.7. The number of aliphatic hydroxyl groups is 1. The number of aliphatic hydroxyl groups excluding tert-OH is 1. The fraction of sp³-hybridized carbons (Fsp3) is 0.0667. The van der Waals surface area contributed by atoms with Gasteiger partial charge in [0.15, 0.2) is 0 Å². The Hall–Kier alpha value is -2.26. The molecule has 3 heteroatoms. The maximum Gasteiger partial charge on any atom is 0.123 e. The highest BCUT2D eigenvalue weighted by atomic mass is 16.3. The topological polar surface area (TPSA) is 60.7 Å². The fourth-order valence-corrected chi connectivity index (χ4v) is 1.76. The van der Waals surface area contributed by atoms with Gasteiger partial charge in [0.1, 0.15) is 11.5 Å². The fourth-order valence-electron chi connectivity index (χ4n) is 1.76. The third-order valence-electron chi connectivity index (χ3n) is 2.79. The van der Waals surface area contributed by atoms with E-state index >= 15 is 0 Å². The molecule has 0 atom stereocenters. The van der Waals surface area contributed by atoms with Crippen molar-refractivity contribution in [3.63, 3.8) is 0 Å². The lowest BCUT2D eigenvalue weighted by molar-refractivity contribution is 0.350. The number of phenolic OH excluding ortho intramolecular Hbond substituents is 2. The zero-order valence-corrected chi connectivity index (χ0v) is 9.80. The van der Waals surface area contributed by atoms with Crippen LogP contribution in [0.4, 0.5) is 0 Å². The van der Waals surface area contributed by atoms with E-state index in [0.717, 1.165) is 5.56 Å². The third kappa shape index (κ3) is 2.21. The zero-order chi connectivity index (χ0) is 13.1. The first kappa shape index (κ1) is 12.2. The summed E-state index contributed by atoms with van der Waals surface area (Å²) < 4.78 is 0. The average molecular weight is 242 g/mol. The van der Waals surface area contributed by atoms with Crippen LogP contribution in [0.25, 0.3) is 16.7 Å². The normalized spacial score (nSPS) is 10.3. The summed E-state index contributed by atoms with van der Waals surface area (Å²) in [6.45, 7) is 3.59. The summed E-state index contributed by atoms with van der Waals surface area (Å²) in [4.78, 5) is 0. The van der Waals surface area contributed by atoms with Crippen molar-refractivity contribution in [2.45, 2.75) is 0 Å². The van der Waals surface area contributed by atoms with Crippen LogP contribution in [0.5, 0.6) is 11.5 Å². The molecule has 3 N–H and O–H groups in total. The average Bonchev–Trinajstić information content (AvgIpc) is 2.39. The van der Waals surface area contributed by atoms with Crippen molar-refractivity contribution >= 4 is 5.57 Å². The standard InChI is InChI=1S/C15H14O3/c1-10(9-16)11-6-7-15(18)13(8-11)12-4-2-3-5-14(12)17/h2-8,16-18H,1,9H2. The summed E-state index contributed by atoms with van der Waals surface area (Å²) in [6.07, 6.45) is 0. The van der Waals surface area contributed by atoms with E-state index in [4.69, 9.17) is 5.11 Å². The van der Waals surface area contributed by atoms with Crippen molar-refractivity contribution in [3.8, 4) is 22.6 Å². The molecule has 92 valence electrons. The van der Waals surface area contributed by atoms with Gasteiger partial charge in [-0.1, -0.05) is 30.8 Å². The monoisotopic (exact) mass is 242 g/mol. The maximum absolute atomic E-state index is 9.86. The van der Waals surface area contributed by atoms with Gasteiger partial charge in [-0.2, -0.15) is 0 Å². The molecule has 0 aliphatic rings. The van der Waals surface area contributed by atoms with Crippen LogP contribution < -0.4 is 0 Å². The lowest BCUT2D eigenvalue weighted by Crippen LogP contribution is -1.90. The maximum atomic E-state index is 9.86. The Morgan fingerprint density at radius 3 is 2.28 bits per heavy atom. The first-order chi connectivity index (χ1) is 8.63. The molecule has 0 saturated heterocycles. The Bertz CT molecular complexity index is 588. The predicted molar refractivity (Wildman–Crippen MR) is 71.3 cm³/mol. The molecule has 0 fully saturated rings. The van der Waals surface area contributed by atoms with Crippen molar-refractivity contribution < 1.29 is 15.3 Å². The van der Waals surface area contributed by atoms with Crippen LogP contribution in [0, 0.1) is 0 Å². The minimum absolute atomic E-state index is 0.0750. The Balaban J connectivity index is 2.57. The van der Waals surface area contributed by atoms with Crippen LogP contribution in [0.2, 0.25) is 0 Å². The Morgan fingerprint density at radius 1 is 0.944 bits per heavy atom. The second kappa shape index (κ2) is 4.94. The molecule has 0 aliphatic carbocycles. The van der Waals surface area contributed by atoms with Crippen molar-refractivity contribution in [2.24, 2.45) is 0 Å². The number of rotatable bonds is 3. The first-order valence-corrected chi connectivity index (χ1v) is 5.54. The highest BCUT2D eigenvalue weighted by Gasteiger charge is 2.10. The van der Waals surface area contributed by atoms with Crippen LogP contribution in [-0.4, -0.2) is 21.9 Å². The number of hydrogen-bond donors (Lipinski definition) is 3. The molecule has 0 unspecified atom stereocenters. The SMILES string of the molecule is C=C(CO)c1ccc(O)c(-c2ccccc2O)c1. The second-order valence-electron chi connectivity index (χ2n) is 4.01. The lowest BCUT2D eigenvalue weighted by atomic mass is 9.98. The largest absolute Gasteiger partial charge is 0.507 e. The van der Waals surface area contributed by atoms with Crippen molar-refractivity contribution in [1.29, 1.82) is 0 Å².